The number of carbonyl (C=O) groups is 1. The summed E-state index contributed by atoms with van der Waals surface area (Å²) in [7, 11) is 0. The van der Waals surface area contributed by atoms with Crippen molar-refractivity contribution in [3.8, 4) is 10.8 Å². The van der Waals surface area contributed by atoms with Gasteiger partial charge in [-0.3, -0.25) is 4.79 Å². The summed E-state index contributed by atoms with van der Waals surface area (Å²) >= 11 is 9.20. The van der Waals surface area contributed by atoms with E-state index in [-0.39, 0.29) is 17.7 Å². The quantitative estimate of drug-likeness (QED) is 0.337. The van der Waals surface area contributed by atoms with Crippen molar-refractivity contribution in [3.63, 3.8) is 0 Å². The molecule has 1 atom stereocenters. The number of benzene rings is 2. The fourth-order valence-electron chi connectivity index (χ4n) is 3.06. The molecule has 8 heteroatoms. The number of carbonyl (C=O) groups excluding carboxylic acids is 1. The van der Waals surface area contributed by atoms with Gasteiger partial charge in [-0.2, -0.15) is 0 Å². The number of amides is 1. The highest BCUT2D eigenvalue weighted by atomic mass is 35.5. The number of thioether (sulfide) groups is 1. The molecule has 2 heterocycles. The number of hydrogen-bond acceptors (Lipinski definition) is 6. The summed E-state index contributed by atoms with van der Waals surface area (Å²) in [6.07, 6.45) is 1.81. The molecule has 4 aromatic rings. The number of aryl methyl sites for hydroxylation is 1. The van der Waals surface area contributed by atoms with Crippen LogP contribution in [0.4, 0.5) is 0 Å². The topological polar surface area (TPSA) is 68.0 Å². The lowest BCUT2D eigenvalue weighted by Crippen LogP contribution is -2.34. The van der Waals surface area contributed by atoms with E-state index in [0.29, 0.717) is 16.1 Å². The molecule has 0 saturated heterocycles. The summed E-state index contributed by atoms with van der Waals surface area (Å²) in [6.45, 7) is 2.01. The van der Waals surface area contributed by atoms with Crippen LogP contribution in [0.2, 0.25) is 5.02 Å². The number of nitrogens with zero attached hydrogens (tertiary/aromatic N) is 2. The van der Waals surface area contributed by atoms with Crippen LogP contribution >= 0.6 is 34.7 Å². The molecule has 5 nitrogen and oxygen atoms in total. The largest absolute Gasteiger partial charge is 0.410 e. The number of thiophene rings is 1. The molecule has 2 aromatic carbocycles. The first-order chi connectivity index (χ1) is 14.6. The minimum absolute atomic E-state index is 0.0554. The van der Waals surface area contributed by atoms with Gasteiger partial charge in [0.2, 0.25) is 5.91 Å². The highest BCUT2D eigenvalue weighted by Crippen LogP contribution is 2.41. The molecule has 1 amide bonds. The number of aromatic nitrogens is 2. The van der Waals surface area contributed by atoms with E-state index in [1.165, 1.54) is 28.7 Å². The van der Waals surface area contributed by atoms with Crippen LogP contribution in [-0.4, -0.2) is 27.9 Å². The van der Waals surface area contributed by atoms with Crippen LogP contribution < -0.4 is 5.32 Å². The minimum Gasteiger partial charge on any atom is -0.410 e. The first kappa shape index (κ1) is 20.9. The predicted molar refractivity (Wildman–Crippen MR) is 123 cm³/mol. The molecular formula is C22H20ClN3O2S2. The number of halogens is 1. The number of nitrogens with one attached hydrogen (secondary N) is 1. The van der Waals surface area contributed by atoms with Crippen molar-refractivity contribution in [2.24, 2.45) is 0 Å². The maximum Gasteiger partial charge on any atom is 0.277 e. The van der Waals surface area contributed by atoms with Gasteiger partial charge >= 0.3 is 0 Å². The van der Waals surface area contributed by atoms with Crippen molar-refractivity contribution in [3.05, 3.63) is 65.2 Å². The lowest BCUT2D eigenvalue weighted by atomic mass is 10.1. The fourth-order valence-corrected chi connectivity index (χ4v) is 5.06. The van der Waals surface area contributed by atoms with Gasteiger partial charge in [-0.25, -0.2) is 0 Å². The standard InChI is InChI=1S/C22H20ClN3O2S2/c1-14(11-12-15-7-3-2-4-8-15)24-18(27)13-29-22-26-25-21(28-22)20-19(23)16-9-5-6-10-17(16)30-20/h2-10,14H,11-13H2,1H3,(H,24,27). The molecule has 1 N–H and O–H groups in total. The molecule has 0 bridgehead atoms. The Bertz CT molecular complexity index is 1140. The summed E-state index contributed by atoms with van der Waals surface area (Å²) in [5, 5.41) is 13.1. The van der Waals surface area contributed by atoms with E-state index < -0.39 is 0 Å². The second kappa shape index (κ2) is 9.64. The van der Waals surface area contributed by atoms with E-state index in [1.54, 1.807) is 0 Å². The second-order valence-electron chi connectivity index (χ2n) is 6.90. The van der Waals surface area contributed by atoms with Gasteiger partial charge in [-0.15, -0.1) is 21.5 Å². The van der Waals surface area contributed by atoms with Gasteiger partial charge in [0.05, 0.1) is 10.8 Å². The van der Waals surface area contributed by atoms with Crippen LogP contribution in [0, 0.1) is 0 Å². The van der Waals surface area contributed by atoms with E-state index in [1.807, 2.05) is 49.4 Å². The molecule has 0 radical (unpaired) electrons. The zero-order valence-corrected chi connectivity index (χ0v) is 18.7. The highest BCUT2D eigenvalue weighted by Gasteiger charge is 2.18. The van der Waals surface area contributed by atoms with Gasteiger partial charge in [-0.1, -0.05) is 71.9 Å². The van der Waals surface area contributed by atoms with Crippen LogP contribution in [0.3, 0.4) is 0 Å². The summed E-state index contributed by atoms with van der Waals surface area (Å²) in [5.41, 5.74) is 1.27. The Morgan fingerprint density at radius 2 is 1.93 bits per heavy atom. The van der Waals surface area contributed by atoms with E-state index in [2.05, 4.69) is 27.6 Å². The fraction of sp³-hybridized carbons (Fsp3) is 0.227. The Balaban J connectivity index is 1.29. The molecule has 1 unspecified atom stereocenters. The van der Waals surface area contributed by atoms with Gasteiger partial charge in [0.15, 0.2) is 0 Å². The average molecular weight is 458 g/mol. The molecule has 0 aliphatic carbocycles. The summed E-state index contributed by atoms with van der Waals surface area (Å²) < 4.78 is 6.79. The maximum absolute atomic E-state index is 12.2. The second-order valence-corrected chi connectivity index (χ2v) is 9.25. The van der Waals surface area contributed by atoms with Crippen LogP contribution in [0.5, 0.6) is 0 Å². The average Bonchev–Trinajstić information content (AvgIpc) is 3.36. The zero-order chi connectivity index (χ0) is 20.9. The predicted octanol–water partition coefficient (Wildman–Crippen LogP) is 5.83. The first-order valence-corrected chi connectivity index (χ1v) is 11.7. The van der Waals surface area contributed by atoms with Crippen LogP contribution in [0.1, 0.15) is 18.9 Å². The first-order valence-electron chi connectivity index (χ1n) is 9.57. The Hall–Kier alpha value is -2.35. The molecule has 2 aromatic heterocycles. The molecule has 0 fully saturated rings. The summed E-state index contributed by atoms with van der Waals surface area (Å²) in [4.78, 5) is 13.0. The van der Waals surface area contributed by atoms with Gasteiger partial charge in [0, 0.05) is 16.1 Å². The van der Waals surface area contributed by atoms with E-state index in [0.717, 1.165) is 27.8 Å². The number of fused-ring (bicyclic) bond motifs is 1. The number of hydrogen-bond donors (Lipinski definition) is 1. The molecule has 0 aliphatic rings. The molecule has 0 spiro atoms. The Kier molecular flexibility index (Phi) is 6.72. The SMILES string of the molecule is CC(CCc1ccccc1)NC(=O)CSc1nnc(-c2sc3ccccc3c2Cl)o1. The monoisotopic (exact) mass is 457 g/mol. The number of rotatable bonds is 8. The Labute approximate surface area is 187 Å². The maximum atomic E-state index is 12.2. The van der Waals surface area contributed by atoms with E-state index in [4.69, 9.17) is 16.0 Å². The summed E-state index contributed by atoms with van der Waals surface area (Å²) in [6, 6.07) is 18.2. The smallest absolute Gasteiger partial charge is 0.277 e. The molecule has 30 heavy (non-hydrogen) atoms. The third kappa shape index (κ3) is 5.03. The van der Waals surface area contributed by atoms with Crippen molar-refractivity contribution in [1.29, 1.82) is 0 Å². The lowest BCUT2D eigenvalue weighted by Gasteiger charge is -2.13. The summed E-state index contributed by atoms with van der Waals surface area (Å²) in [5.74, 6) is 0.540. The molecule has 0 aliphatic heterocycles. The van der Waals surface area contributed by atoms with Crippen molar-refractivity contribution in [2.45, 2.75) is 31.0 Å². The lowest BCUT2D eigenvalue weighted by molar-refractivity contribution is -0.119. The molecule has 4 rings (SSSR count). The van der Waals surface area contributed by atoms with Crippen molar-refractivity contribution in [1.82, 2.24) is 15.5 Å². The molecule has 0 saturated carbocycles. The van der Waals surface area contributed by atoms with Crippen LogP contribution in [-0.2, 0) is 11.2 Å². The normalized spacial score (nSPS) is 12.2. The van der Waals surface area contributed by atoms with Crippen LogP contribution in [0.15, 0.2) is 64.2 Å². The van der Waals surface area contributed by atoms with Gasteiger partial charge in [0.25, 0.3) is 11.1 Å². The zero-order valence-electron chi connectivity index (χ0n) is 16.3. The van der Waals surface area contributed by atoms with Gasteiger partial charge < -0.3 is 9.73 Å². The van der Waals surface area contributed by atoms with E-state index >= 15 is 0 Å². The third-order valence-corrected chi connectivity index (χ3v) is 7.06. The van der Waals surface area contributed by atoms with Gasteiger partial charge in [-0.05, 0) is 31.4 Å². The Morgan fingerprint density at radius 3 is 2.73 bits per heavy atom. The van der Waals surface area contributed by atoms with Gasteiger partial charge in [0.1, 0.15) is 4.88 Å². The molecule has 154 valence electrons. The minimum atomic E-state index is -0.0554. The Morgan fingerprint density at radius 1 is 1.17 bits per heavy atom. The van der Waals surface area contributed by atoms with Crippen molar-refractivity contribution in [2.75, 3.05) is 5.75 Å². The third-order valence-electron chi connectivity index (χ3n) is 4.58. The van der Waals surface area contributed by atoms with Crippen molar-refractivity contribution < 1.29 is 9.21 Å². The van der Waals surface area contributed by atoms with E-state index in [9.17, 15) is 4.79 Å². The highest BCUT2D eigenvalue weighted by molar-refractivity contribution is 7.99. The van der Waals surface area contributed by atoms with Crippen LogP contribution in [0.25, 0.3) is 20.9 Å². The van der Waals surface area contributed by atoms with Crippen molar-refractivity contribution >= 4 is 50.7 Å². The molecular weight excluding hydrogens is 438 g/mol.